The zero-order chi connectivity index (χ0) is 10.0. The van der Waals surface area contributed by atoms with Gasteiger partial charge in [0.25, 0.3) is 0 Å². The Bertz CT molecular complexity index is 207. The molecule has 5 N–H and O–H groups in total. The maximum Gasteiger partial charge on any atom is 0.201 e. The Balaban J connectivity index is 2.79. The van der Waals surface area contributed by atoms with Crippen LogP contribution in [-0.2, 0) is 4.74 Å². The van der Waals surface area contributed by atoms with Crippen LogP contribution >= 0.6 is 0 Å². The average Bonchev–Trinajstić information content (AvgIpc) is 2.12. The second-order valence-corrected chi connectivity index (χ2v) is 2.67. The van der Waals surface area contributed by atoms with Gasteiger partial charge in [0, 0.05) is 0 Å². The van der Waals surface area contributed by atoms with Gasteiger partial charge in [0.2, 0.25) is 6.29 Å². The van der Waals surface area contributed by atoms with E-state index < -0.39 is 36.9 Å². The zero-order valence-electron chi connectivity index (χ0n) is 6.61. The molecule has 0 aromatic heterocycles. The van der Waals surface area contributed by atoms with Gasteiger partial charge in [-0.3, -0.25) is 0 Å². The Hall–Kier alpha value is -0.730. The first-order valence-electron chi connectivity index (χ1n) is 3.64. The zero-order valence-corrected chi connectivity index (χ0v) is 6.61. The molecule has 0 spiro atoms. The van der Waals surface area contributed by atoms with Gasteiger partial charge in [0.1, 0.15) is 24.0 Å². The van der Waals surface area contributed by atoms with E-state index >= 15 is 0 Å². The van der Waals surface area contributed by atoms with Gasteiger partial charge in [-0.1, -0.05) is 5.16 Å². The molecule has 0 saturated carbocycles. The summed E-state index contributed by atoms with van der Waals surface area (Å²) in [5.41, 5.74) is -0.475. The third kappa shape index (κ3) is 1.79. The molecule has 4 unspecified atom stereocenters. The Kier molecular flexibility index (Phi) is 3.17. The molecule has 7 nitrogen and oxygen atoms in total. The van der Waals surface area contributed by atoms with Gasteiger partial charge in [-0.15, -0.1) is 0 Å². The molecule has 1 aliphatic heterocycles. The molecule has 13 heavy (non-hydrogen) atoms. The number of ether oxygens (including phenoxy) is 1. The van der Waals surface area contributed by atoms with Crippen LogP contribution in [0.3, 0.4) is 0 Å². The summed E-state index contributed by atoms with van der Waals surface area (Å²) in [4.78, 5) is 0. The van der Waals surface area contributed by atoms with Crippen molar-refractivity contribution in [3.8, 4) is 0 Å². The molecule has 0 amide bonds. The van der Waals surface area contributed by atoms with Gasteiger partial charge in [-0.2, -0.15) is 0 Å². The predicted octanol–water partition coefficient (Wildman–Crippen LogP) is -2.75. The van der Waals surface area contributed by atoms with E-state index in [1.165, 1.54) is 0 Å². The molecule has 1 saturated heterocycles. The summed E-state index contributed by atoms with van der Waals surface area (Å²) in [7, 11) is 0. The van der Waals surface area contributed by atoms with E-state index in [9.17, 15) is 10.2 Å². The lowest BCUT2D eigenvalue weighted by molar-refractivity contribution is -0.182. The SMILES string of the molecule is OCC1OC(O)/C(=N\O)C(O)C1O. The minimum absolute atomic E-state index is 0.475. The molecule has 1 rings (SSSR count). The van der Waals surface area contributed by atoms with Crippen molar-refractivity contribution < 1.29 is 30.4 Å². The van der Waals surface area contributed by atoms with Gasteiger partial charge < -0.3 is 30.4 Å². The van der Waals surface area contributed by atoms with Crippen LogP contribution in [0.5, 0.6) is 0 Å². The van der Waals surface area contributed by atoms with Crippen LogP contribution < -0.4 is 0 Å². The Morgan fingerprint density at radius 2 is 1.92 bits per heavy atom. The Morgan fingerprint density at radius 1 is 1.31 bits per heavy atom. The summed E-state index contributed by atoms with van der Waals surface area (Å²) in [6, 6.07) is 0. The fourth-order valence-electron chi connectivity index (χ4n) is 1.10. The predicted molar refractivity (Wildman–Crippen MR) is 39.2 cm³/mol. The highest BCUT2D eigenvalue weighted by Crippen LogP contribution is 2.16. The highest BCUT2D eigenvalue weighted by molar-refractivity contribution is 5.92. The smallest absolute Gasteiger partial charge is 0.201 e. The van der Waals surface area contributed by atoms with Crippen molar-refractivity contribution in [3.63, 3.8) is 0 Å². The summed E-state index contributed by atoms with van der Waals surface area (Å²) < 4.78 is 4.63. The van der Waals surface area contributed by atoms with E-state index in [1.807, 2.05) is 0 Å². The molecule has 0 aromatic carbocycles. The topological polar surface area (TPSA) is 123 Å². The minimum Gasteiger partial charge on any atom is -0.411 e. The summed E-state index contributed by atoms with van der Waals surface area (Å²) in [6.07, 6.45) is -5.65. The van der Waals surface area contributed by atoms with Crippen molar-refractivity contribution >= 4 is 5.71 Å². The van der Waals surface area contributed by atoms with Crippen molar-refractivity contribution in [2.24, 2.45) is 5.16 Å². The highest BCUT2D eigenvalue weighted by atomic mass is 16.6. The second-order valence-electron chi connectivity index (χ2n) is 2.67. The monoisotopic (exact) mass is 193 g/mol. The summed E-state index contributed by atoms with van der Waals surface area (Å²) >= 11 is 0. The number of hydrogen-bond acceptors (Lipinski definition) is 7. The standard InChI is InChI=1S/C6H11NO6/c8-1-2-4(9)5(10)3(7-12)6(11)13-2/h2,4-6,8-12H,1H2/b7-3-. The van der Waals surface area contributed by atoms with Crippen molar-refractivity contribution in [3.05, 3.63) is 0 Å². The van der Waals surface area contributed by atoms with Gasteiger partial charge in [-0.25, -0.2) is 0 Å². The lowest BCUT2D eigenvalue weighted by Crippen LogP contribution is -2.56. The van der Waals surface area contributed by atoms with Crippen molar-refractivity contribution in [1.29, 1.82) is 0 Å². The minimum atomic E-state index is -1.61. The molecule has 1 aliphatic rings. The number of aliphatic hydroxyl groups is 4. The van der Waals surface area contributed by atoms with E-state index in [-0.39, 0.29) is 0 Å². The quantitative estimate of drug-likeness (QED) is 0.227. The van der Waals surface area contributed by atoms with Crippen molar-refractivity contribution in [2.45, 2.75) is 24.6 Å². The van der Waals surface area contributed by atoms with Crippen molar-refractivity contribution in [2.75, 3.05) is 6.61 Å². The third-order valence-corrected chi connectivity index (χ3v) is 1.86. The summed E-state index contributed by atoms with van der Waals surface area (Å²) in [5, 5.41) is 47.0. The van der Waals surface area contributed by atoms with E-state index in [1.54, 1.807) is 0 Å². The Labute approximate surface area is 73.5 Å². The van der Waals surface area contributed by atoms with Gasteiger partial charge in [0.15, 0.2) is 0 Å². The first-order valence-corrected chi connectivity index (χ1v) is 3.64. The molecule has 76 valence electrons. The fourth-order valence-corrected chi connectivity index (χ4v) is 1.10. The molecule has 1 fully saturated rings. The van der Waals surface area contributed by atoms with E-state index in [2.05, 4.69) is 9.89 Å². The van der Waals surface area contributed by atoms with Gasteiger partial charge in [-0.05, 0) is 0 Å². The summed E-state index contributed by atoms with van der Waals surface area (Å²) in [6.45, 7) is -0.548. The molecular weight excluding hydrogens is 182 g/mol. The van der Waals surface area contributed by atoms with Crippen LogP contribution in [0.15, 0.2) is 5.16 Å². The summed E-state index contributed by atoms with van der Waals surface area (Å²) in [5.74, 6) is 0. The van der Waals surface area contributed by atoms with E-state index in [0.717, 1.165) is 0 Å². The van der Waals surface area contributed by atoms with Crippen LogP contribution in [0.25, 0.3) is 0 Å². The molecule has 1 heterocycles. The van der Waals surface area contributed by atoms with Gasteiger partial charge in [0.05, 0.1) is 6.61 Å². The molecule has 0 radical (unpaired) electrons. The normalized spacial score (nSPS) is 43.8. The van der Waals surface area contributed by atoms with E-state index in [0.29, 0.717) is 0 Å². The largest absolute Gasteiger partial charge is 0.411 e. The van der Waals surface area contributed by atoms with Crippen molar-refractivity contribution in [1.82, 2.24) is 0 Å². The third-order valence-electron chi connectivity index (χ3n) is 1.86. The molecule has 0 aromatic rings. The molecule has 0 aliphatic carbocycles. The van der Waals surface area contributed by atoms with Crippen LogP contribution in [0.2, 0.25) is 0 Å². The Morgan fingerprint density at radius 3 is 2.38 bits per heavy atom. The second kappa shape index (κ2) is 3.99. The first-order chi connectivity index (χ1) is 6.11. The number of nitrogens with zero attached hydrogens (tertiary/aromatic N) is 1. The first kappa shape index (κ1) is 10.4. The molecular formula is C6H11NO6. The highest BCUT2D eigenvalue weighted by Gasteiger charge is 2.41. The molecule has 0 bridgehead atoms. The van der Waals surface area contributed by atoms with E-state index in [4.69, 9.17) is 15.4 Å². The van der Waals surface area contributed by atoms with Crippen LogP contribution in [-0.4, -0.2) is 62.6 Å². The lowest BCUT2D eigenvalue weighted by Gasteiger charge is -2.34. The maximum absolute atomic E-state index is 9.22. The average molecular weight is 193 g/mol. The van der Waals surface area contributed by atoms with Crippen LogP contribution in [0, 0.1) is 0 Å². The van der Waals surface area contributed by atoms with Crippen LogP contribution in [0.4, 0.5) is 0 Å². The number of aliphatic hydroxyl groups excluding tert-OH is 4. The fraction of sp³-hybridized carbons (Fsp3) is 0.833. The lowest BCUT2D eigenvalue weighted by atomic mass is 10.0. The molecule has 7 heteroatoms. The maximum atomic E-state index is 9.22. The molecule has 4 atom stereocenters. The number of rotatable bonds is 1. The number of oxime groups is 1. The van der Waals surface area contributed by atoms with Crippen LogP contribution in [0.1, 0.15) is 0 Å². The number of hydrogen-bond donors (Lipinski definition) is 5. The van der Waals surface area contributed by atoms with Gasteiger partial charge >= 0.3 is 0 Å².